The van der Waals surface area contributed by atoms with E-state index in [0.29, 0.717) is 38.4 Å². The van der Waals surface area contributed by atoms with E-state index >= 15 is 0 Å². The van der Waals surface area contributed by atoms with Crippen molar-refractivity contribution in [3.63, 3.8) is 0 Å². The number of carboxylic acids is 1. The number of aryl methyl sites for hydroxylation is 1. The predicted molar refractivity (Wildman–Crippen MR) is 139 cm³/mol. The summed E-state index contributed by atoms with van der Waals surface area (Å²) in [6, 6.07) is 9.41. The number of thiophene rings is 1. The lowest BCUT2D eigenvalue weighted by Gasteiger charge is -2.49. The third kappa shape index (κ3) is 5.16. The Morgan fingerprint density at radius 3 is 2.74 bits per heavy atom. The number of nitrogens with zero attached hydrogens (tertiary/aromatic N) is 5. The monoisotopic (exact) mass is 572 g/mol. The summed E-state index contributed by atoms with van der Waals surface area (Å²) in [6.45, 7) is 0. The molecule has 3 aromatic rings. The van der Waals surface area contributed by atoms with Crippen LogP contribution in [-0.2, 0) is 27.9 Å². The molecule has 4 heterocycles. The molecule has 2 atom stereocenters. The van der Waals surface area contributed by atoms with Crippen LogP contribution in [0.3, 0.4) is 0 Å². The highest BCUT2D eigenvalue weighted by atomic mass is 32.2. The van der Waals surface area contributed by atoms with E-state index in [1.54, 1.807) is 48.8 Å². The van der Waals surface area contributed by atoms with Gasteiger partial charge >= 0.3 is 11.9 Å². The number of carboxylic acid groups (broad SMARTS) is 1. The van der Waals surface area contributed by atoms with E-state index in [9.17, 15) is 24.3 Å². The summed E-state index contributed by atoms with van der Waals surface area (Å²) in [5, 5.41) is 25.4. The molecule has 0 saturated carbocycles. The summed E-state index contributed by atoms with van der Waals surface area (Å²) in [6.07, 6.45) is -0.126. The van der Waals surface area contributed by atoms with Gasteiger partial charge in [-0.2, -0.15) is 0 Å². The number of thioether (sulfide) groups is 2. The van der Waals surface area contributed by atoms with E-state index in [0.717, 1.165) is 11.3 Å². The number of hydrogen-bond donors (Lipinski definition) is 2. The van der Waals surface area contributed by atoms with Gasteiger partial charge in [-0.05, 0) is 45.1 Å². The first kappa shape index (κ1) is 25.9. The van der Waals surface area contributed by atoms with Gasteiger partial charge in [0, 0.05) is 18.6 Å². The Morgan fingerprint density at radius 2 is 2.03 bits per heavy atom. The van der Waals surface area contributed by atoms with E-state index in [1.165, 1.54) is 33.1 Å². The minimum atomic E-state index is -1.21. The van der Waals surface area contributed by atoms with Gasteiger partial charge in [-0.25, -0.2) is 14.3 Å². The van der Waals surface area contributed by atoms with Crippen molar-refractivity contribution in [2.24, 2.45) is 7.05 Å². The molecule has 0 radical (unpaired) electrons. The van der Waals surface area contributed by atoms with Crippen LogP contribution in [0.5, 0.6) is 5.75 Å². The topological polar surface area (TPSA) is 157 Å². The fraction of sp³-hybridized carbons (Fsp3) is 0.261. The zero-order chi connectivity index (χ0) is 26.8. The summed E-state index contributed by atoms with van der Waals surface area (Å²) in [5.74, 6) is -1.65. The van der Waals surface area contributed by atoms with Gasteiger partial charge in [0.1, 0.15) is 27.7 Å². The van der Waals surface area contributed by atoms with E-state index in [-0.39, 0.29) is 12.1 Å². The number of β-lactam (4-membered cyclic amide) rings is 1. The zero-order valence-electron chi connectivity index (χ0n) is 19.8. The van der Waals surface area contributed by atoms with E-state index in [2.05, 4.69) is 20.8 Å². The smallest absolute Gasteiger partial charge is 0.353 e. The molecule has 2 N–H and O–H groups in total. The maximum Gasteiger partial charge on any atom is 0.353 e. The molecule has 2 aliphatic heterocycles. The summed E-state index contributed by atoms with van der Waals surface area (Å²) in [5.41, 5.74) is 0.984. The maximum absolute atomic E-state index is 12.9. The lowest BCUT2D eigenvalue weighted by molar-refractivity contribution is -0.150. The van der Waals surface area contributed by atoms with Crippen molar-refractivity contribution in [2.75, 3.05) is 11.5 Å². The molecule has 1 saturated heterocycles. The number of ether oxygens (including phenoxy) is 1. The van der Waals surface area contributed by atoms with Gasteiger partial charge in [0.05, 0.1) is 6.42 Å². The van der Waals surface area contributed by atoms with E-state index in [4.69, 9.17) is 4.74 Å². The number of amides is 2. The molecule has 1 unspecified atom stereocenters. The van der Waals surface area contributed by atoms with Crippen molar-refractivity contribution in [1.29, 1.82) is 0 Å². The number of esters is 1. The SMILES string of the molecule is Cn1nnnc1SCC1=C(C(=O)O)N2C(=O)C(NC(=O)Cc3ccsc3C(=O)Oc3ccccc3)[C@@H]2SC1. The Morgan fingerprint density at radius 1 is 1.24 bits per heavy atom. The number of carbonyl (C=O) groups is 4. The Hall–Kier alpha value is -3.69. The molecule has 0 spiro atoms. The van der Waals surface area contributed by atoms with Crippen molar-refractivity contribution in [1.82, 2.24) is 30.4 Å². The Balaban J connectivity index is 1.22. The van der Waals surface area contributed by atoms with Gasteiger partial charge in [0.25, 0.3) is 5.91 Å². The average molecular weight is 573 g/mol. The van der Waals surface area contributed by atoms with Gasteiger partial charge in [0.2, 0.25) is 11.1 Å². The Kier molecular flexibility index (Phi) is 7.49. The van der Waals surface area contributed by atoms with Gasteiger partial charge in [-0.3, -0.25) is 14.5 Å². The molecule has 2 amide bonds. The first-order valence-electron chi connectivity index (χ1n) is 11.2. The number of aliphatic carboxylic acids is 1. The number of tetrazole rings is 1. The minimum absolute atomic E-state index is 0.0735. The predicted octanol–water partition coefficient (Wildman–Crippen LogP) is 1.56. The van der Waals surface area contributed by atoms with E-state index < -0.39 is 35.2 Å². The standard InChI is InChI=1S/C23H20N6O6S3/c1-28-23(25-26-27-28)38-11-13-10-37-20-16(19(31)29(20)17(13)21(32)33)24-15(30)9-12-7-8-36-18(12)22(34)35-14-5-3-2-4-6-14/h2-8,16,20H,9-11H2,1H3,(H,24,30)(H,32,33)/t16?,20-/m0/s1. The zero-order valence-corrected chi connectivity index (χ0v) is 22.2. The second-order valence-corrected chi connectivity index (χ2v) is 11.2. The van der Waals surface area contributed by atoms with Crippen LogP contribution in [0.4, 0.5) is 0 Å². The Bertz CT molecular complexity index is 1440. The third-order valence-electron chi connectivity index (χ3n) is 5.76. The van der Waals surface area contributed by atoms with E-state index in [1.807, 2.05) is 0 Å². The molecular formula is C23H20N6O6S3. The number of hydrogen-bond acceptors (Lipinski definition) is 11. The normalized spacial score (nSPS) is 18.6. The van der Waals surface area contributed by atoms with Crippen LogP contribution in [0.1, 0.15) is 15.2 Å². The number of benzene rings is 1. The minimum Gasteiger partial charge on any atom is -0.477 e. The molecule has 1 aromatic carbocycles. The summed E-state index contributed by atoms with van der Waals surface area (Å²) in [4.78, 5) is 51.9. The van der Waals surface area contributed by atoms with Crippen LogP contribution in [0.25, 0.3) is 0 Å². The van der Waals surface area contributed by atoms with Crippen molar-refractivity contribution in [2.45, 2.75) is 23.0 Å². The lowest BCUT2D eigenvalue weighted by atomic mass is 10.0. The molecule has 2 aromatic heterocycles. The third-order valence-corrected chi connectivity index (χ3v) is 9.13. The highest BCUT2D eigenvalue weighted by Crippen LogP contribution is 2.41. The number of para-hydroxylation sites is 1. The number of aromatic nitrogens is 4. The first-order chi connectivity index (χ1) is 18.3. The van der Waals surface area contributed by atoms with Crippen LogP contribution < -0.4 is 10.1 Å². The van der Waals surface area contributed by atoms with Gasteiger partial charge in [0.15, 0.2) is 0 Å². The van der Waals surface area contributed by atoms with Gasteiger partial charge < -0.3 is 15.2 Å². The lowest BCUT2D eigenvalue weighted by Crippen LogP contribution is -2.70. The summed E-state index contributed by atoms with van der Waals surface area (Å²) in [7, 11) is 1.68. The van der Waals surface area contributed by atoms with Crippen molar-refractivity contribution in [3.05, 3.63) is 63.5 Å². The molecular weight excluding hydrogens is 552 g/mol. The van der Waals surface area contributed by atoms with Gasteiger partial charge in [-0.15, -0.1) is 28.2 Å². The molecule has 38 heavy (non-hydrogen) atoms. The van der Waals surface area contributed by atoms with Crippen molar-refractivity contribution < 1.29 is 29.0 Å². The first-order valence-corrected chi connectivity index (χ1v) is 14.1. The molecule has 5 rings (SSSR count). The largest absolute Gasteiger partial charge is 0.477 e. The Labute approximate surface area is 228 Å². The number of rotatable bonds is 9. The molecule has 0 bridgehead atoms. The van der Waals surface area contributed by atoms with Crippen LogP contribution in [0.2, 0.25) is 0 Å². The highest BCUT2D eigenvalue weighted by molar-refractivity contribution is 8.01. The van der Waals surface area contributed by atoms with Crippen LogP contribution >= 0.6 is 34.9 Å². The molecule has 2 aliphatic rings. The number of fused-ring (bicyclic) bond motifs is 1. The molecule has 0 aliphatic carbocycles. The highest BCUT2D eigenvalue weighted by Gasteiger charge is 2.54. The van der Waals surface area contributed by atoms with Crippen molar-refractivity contribution >= 4 is 58.6 Å². The summed E-state index contributed by atoms with van der Waals surface area (Å²) >= 11 is 3.82. The van der Waals surface area contributed by atoms with Crippen molar-refractivity contribution in [3.8, 4) is 5.75 Å². The molecule has 15 heteroatoms. The second-order valence-electron chi connectivity index (χ2n) is 8.24. The van der Waals surface area contributed by atoms with Crippen LogP contribution in [0.15, 0.2) is 58.2 Å². The fourth-order valence-corrected chi connectivity index (χ4v) is 7.12. The van der Waals surface area contributed by atoms with Crippen LogP contribution in [0, 0.1) is 0 Å². The van der Waals surface area contributed by atoms with Crippen LogP contribution in [-0.4, -0.2) is 76.9 Å². The fourth-order valence-electron chi connectivity index (χ4n) is 3.98. The quantitative estimate of drug-likeness (QED) is 0.166. The number of nitrogens with one attached hydrogen (secondary N) is 1. The molecule has 1 fully saturated rings. The summed E-state index contributed by atoms with van der Waals surface area (Å²) < 4.78 is 6.85. The second kappa shape index (κ2) is 11.0. The number of carbonyl (C=O) groups excluding carboxylic acids is 3. The van der Waals surface area contributed by atoms with Gasteiger partial charge in [-0.1, -0.05) is 30.0 Å². The molecule has 196 valence electrons. The maximum atomic E-state index is 12.9. The average Bonchev–Trinajstić information content (AvgIpc) is 3.54. The molecule has 12 nitrogen and oxygen atoms in total.